The van der Waals surface area contributed by atoms with Crippen LogP contribution in [0.4, 0.5) is 0 Å². The monoisotopic (exact) mass is 388 g/mol. The molecule has 2 aromatic heterocycles. The Bertz CT molecular complexity index is 1130. The van der Waals surface area contributed by atoms with E-state index in [2.05, 4.69) is 20.6 Å². The lowest BCUT2D eigenvalue weighted by Gasteiger charge is -2.01. The Morgan fingerprint density at radius 1 is 0.931 bits per heavy atom. The maximum absolute atomic E-state index is 12.3. The van der Waals surface area contributed by atoms with Crippen LogP contribution in [-0.2, 0) is 6.42 Å². The summed E-state index contributed by atoms with van der Waals surface area (Å²) in [5, 5.41) is 10.6. The second-order valence-corrected chi connectivity index (χ2v) is 6.76. The lowest BCUT2D eigenvalue weighted by atomic mass is 10.0. The zero-order valence-corrected chi connectivity index (χ0v) is 16.2. The molecule has 1 amide bonds. The normalized spacial score (nSPS) is 10.8. The van der Waals surface area contributed by atoms with Crippen molar-refractivity contribution in [1.82, 2.24) is 20.6 Å². The van der Waals surface area contributed by atoms with Crippen molar-refractivity contribution in [3.63, 3.8) is 0 Å². The van der Waals surface area contributed by atoms with E-state index in [9.17, 15) is 4.79 Å². The van der Waals surface area contributed by atoms with E-state index in [1.807, 2.05) is 62.4 Å². The molecule has 7 nitrogen and oxygen atoms in total. The minimum Gasteiger partial charge on any atom is -0.355 e. The van der Waals surface area contributed by atoms with Crippen molar-refractivity contribution in [2.24, 2.45) is 0 Å². The molecule has 0 atom stereocenters. The van der Waals surface area contributed by atoms with Crippen molar-refractivity contribution in [3.05, 3.63) is 77.3 Å². The number of rotatable bonds is 6. The molecule has 4 aromatic rings. The molecule has 7 heteroatoms. The van der Waals surface area contributed by atoms with E-state index in [-0.39, 0.29) is 11.6 Å². The summed E-state index contributed by atoms with van der Waals surface area (Å²) in [4.78, 5) is 16.7. The van der Waals surface area contributed by atoms with Gasteiger partial charge in [-0.3, -0.25) is 4.79 Å². The van der Waals surface area contributed by atoms with Gasteiger partial charge in [-0.05, 0) is 31.0 Å². The predicted octanol–water partition coefficient (Wildman–Crippen LogP) is 3.98. The lowest BCUT2D eigenvalue weighted by molar-refractivity contribution is 0.0944. The molecule has 1 N–H and O–H groups in total. The van der Waals surface area contributed by atoms with Crippen LogP contribution in [-0.4, -0.2) is 27.7 Å². The van der Waals surface area contributed by atoms with Crippen LogP contribution in [0.15, 0.2) is 63.6 Å². The number of amides is 1. The van der Waals surface area contributed by atoms with Gasteiger partial charge in [-0.1, -0.05) is 52.8 Å². The Labute approximate surface area is 167 Å². The minimum absolute atomic E-state index is 0.230. The summed E-state index contributed by atoms with van der Waals surface area (Å²) in [6.45, 7) is 4.43. The van der Waals surface area contributed by atoms with E-state index < -0.39 is 0 Å². The molecule has 0 saturated carbocycles. The fraction of sp³-hybridized carbons (Fsp3) is 0.182. The molecular formula is C22H20N4O3. The van der Waals surface area contributed by atoms with Gasteiger partial charge in [0.1, 0.15) is 0 Å². The van der Waals surface area contributed by atoms with Crippen LogP contribution in [0.1, 0.15) is 27.5 Å². The fourth-order valence-electron chi connectivity index (χ4n) is 2.85. The van der Waals surface area contributed by atoms with Crippen LogP contribution in [0.5, 0.6) is 0 Å². The summed E-state index contributed by atoms with van der Waals surface area (Å²) >= 11 is 0. The minimum atomic E-state index is -0.313. The van der Waals surface area contributed by atoms with Gasteiger partial charge in [0.2, 0.25) is 11.7 Å². The van der Waals surface area contributed by atoms with E-state index in [4.69, 9.17) is 9.05 Å². The second-order valence-electron chi connectivity index (χ2n) is 6.76. The number of hydrogen-bond donors (Lipinski definition) is 1. The van der Waals surface area contributed by atoms with Crippen LogP contribution in [0.3, 0.4) is 0 Å². The maximum Gasteiger partial charge on any atom is 0.273 e. The molecule has 0 unspecified atom stereocenters. The predicted molar refractivity (Wildman–Crippen MR) is 107 cm³/mol. The number of hydrogen-bond acceptors (Lipinski definition) is 6. The van der Waals surface area contributed by atoms with Gasteiger partial charge >= 0.3 is 0 Å². The number of aromatic nitrogens is 3. The quantitative estimate of drug-likeness (QED) is 0.537. The number of nitrogens with zero attached hydrogens (tertiary/aromatic N) is 3. The molecule has 2 heterocycles. The van der Waals surface area contributed by atoms with Gasteiger partial charge in [0, 0.05) is 30.2 Å². The fourth-order valence-corrected chi connectivity index (χ4v) is 2.85. The summed E-state index contributed by atoms with van der Waals surface area (Å²) in [6.07, 6.45) is 0.424. The first-order valence-corrected chi connectivity index (χ1v) is 9.31. The molecule has 0 saturated heterocycles. The third-order valence-electron chi connectivity index (χ3n) is 4.66. The number of carbonyl (C=O) groups excluding carboxylic acids is 1. The first-order valence-electron chi connectivity index (χ1n) is 9.31. The van der Waals surface area contributed by atoms with E-state index >= 15 is 0 Å². The highest BCUT2D eigenvalue weighted by Crippen LogP contribution is 2.23. The zero-order chi connectivity index (χ0) is 20.2. The Balaban J connectivity index is 1.34. The van der Waals surface area contributed by atoms with Crippen LogP contribution >= 0.6 is 0 Å². The summed E-state index contributed by atoms with van der Waals surface area (Å²) in [5.74, 6) is 1.23. The maximum atomic E-state index is 12.3. The Kier molecular flexibility index (Phi) is 5.20. The van der Waals surface area contributed by atoms with E-state index in [0.29, 0.717) is 30.4 Å². The Morgan fingerprint density at radius 2 is 1.76 bits per heavy atom. The molecule has 0 aliphatic rings. The molecule has 2 aromatic carbocycles. The number of aryl methyl sites for hydroxylation is 2. The number of nitrogens with one attached hydrogen (secondary N) is 1. The van der Waals surface area contributed by atoms with Gasteiger partial charge in [-0.25, -0.2) is 0 Å². The summed E-state index contributed by atoms with van der Waals surface area (Å²) < 4.78 is 10.6. The molecule has 0 spiro atoms. The van der Waals surface area contributed by atoms with Crippen molar-refractivity contribution in [1.29, 1.82) is 0 Å². The molecule has 29 heavy (non-hydrogen) atoms. The van der Waals surface area contributed by atoms with Crippen LogP contribution < -0.4 is 5.32 Å². The summed E-state index contributed by atoms with van der Waals surface area (Å²) in [5.41, 5.74) is 4.35. The molecule has 0 radical (unpaired) electrons. The van der Waals surface area contributed by atoms with Gasteiger partial charge in [0.05, 0.1) is 0 Å². The first-order chi connectivity index (χ1) is 14.1. The van der Waals surface area contributed by atoms with Crippen LogP contribution in [0.25, 0.3) is 22.7 Å². The van der Waals surface area contributed by atoms with Crippen molar-refractivity contribution in [3.8, 4) is 22.7 Å². The number of carbonyl (C=O) groups is 1. The molecule has 0 aliphatic heterocycles. The van der Waals surface area contributed by atoms with Crippen molar-refractivity contribution >= 4 is 5.91 Å². The van der Waals surface area contributed by atoms with Crippen LogP contribution in [0, 0.1) is 13.8 Å². The van der Waals surface area contributed by atoms with Gasteiger partial charge in [-0.15, -0.1) is 0 Å². The SMILES string of the molecule is Cc1ccc(-c2cc(C(=O)NCCc3nc(-c4ccccc4)no3)no2)cc1C. The van der Waals surface area contributed by atoms with Gasteiger partial charge < -0.3 is 14.4 Å². The smallest absolute Gasteiger partial charge is 0.273 e. The Morgan fingerprint density at radius 3 is 2.55 bits per heavy atom. The van der Waals surface area contributed by atoms with Crippen molar-refractivity contribution < 1.29 is 13.8 Å². The first kappa shape index (κ1) is 18.6. The largest absolute Gasteiger partial charge is 0.355 e. The highest BCUT2D eigenvalue weighted by Gasteiger charge is 2.15. The highest BCUT2D eigenvalue weighted by atomic mass is 16.5. The van der Waals surface area contributed by atoms with E-state index in [0.717, 1.165) is 16.7 Å². The van der Waals surface area contributed by atoms with Crippen molar-refractivity contribution in [2.75, 3.05) is 6.54 Å². The lowest BCUT2D eigenvalue weighted by Crippen LogP contribution is -2.26. The molecule has 4 rings (SSSR count). The molecule has 0 fully saturated rings. The average Bonchev–Trinajstić information content (AvgIpc) is 3.41. The summed E-state index contributed by atoms with van der Waals surface area (Å²) in [7, 11) is 0. The molecular weight excluding hydrogens is 368 g/mol. The standard InChI is InChI=1S/C22H20N4O3/c1-14-8-9-17(12-15(14)2)19-13-18(25-28-19)22(27)23-11-10-20-24-21(26-29-20)16-6-4-3-5-7-16/h3-9,12-13H,10-11H2,1-2H3,(H,23,27). The van der Waals surface area contributed by atoms with E-state index in [1.54, 1.807) is 6.07 Å². The second kappa shape index (κ2) is 8.10. The molecule has 0 bridgehead atoms. The van der Waals surface area contributed by atoms with Gasteiger partial charge in [0.25, 0.3) is 5.91 Å². The van der Waals surface area contributed by atoms with Gasteiger partial charge in [-0.2, -0.15) is 4.98 Å². The summed E-state index contributed by atoms with van der Waals surface area (Å²) in [6, 6.07) is 17.2. The van der Waals surface area contributed by atoms with Crippen LogP contribution in [0.2, 0.25) is 0 Å². The van der Waals surface area contributed by atoms with E-state index in [1.165, 1.54) is 5.56 Å². The van der Waals surface area contributed by atoms with Gasteiger partial charge in [0.15, 0.2) is 11.5 Å². The molecule has 146 valence electrons. The third kappa shape index (κ3) is 4.24. The number of benzene rings is 2. The average molecular weight is 388 g/mol. The molecule has 0 aliphatic carbocycles. The third-order valence-corrected chi connectivity index (χ3v) is 4.66. The van der Waals surface area contributed by atoms with Crippen molar-refractivity contribution in [2.45, 2.75) is 20.3 Å². The zero-order valence-electron chi connectivity index (χ0n) is 16.2. The topological polar surface area (TPSA) is 94.1 Å². The Hall–Kier alpha value is -3.74. The highest BCUT2D eigenvalue weighted by molar-refractivity contribution is 5.93.